The molecule has 3 heterocycles. The second-order valence-corrected chi connectivity index (χ2v) is 7.22. The Labute approximate surface area is 150 Å². The third kappa shape index (κ3) is 3.64. The predicted molar refractivity (Wildman–Crippen MR) is 102 cm³/mol. The van der Waals surface area contributed by atoms with E-state index in [2.05, 4.69) is 15.2 Å². The highest BCUT2D eigenvalue weighted by atomic mass is 32.2. The van der Waals surface area contributed by atoms with E-state index >= 15 is 0 Å². The lowest BCUT2D eigenvalue weighted by Gasteiger charge is -2.12. The number of benzene rings is 1. The van der Waals surface area contributed by atoms with Crippen molar-refractivity contribution >= 4 is 40.5 Å². The summed E-state index contributed by atoms with van der Waals surface area (Å²) in [5.74, 6) is 1.42. The van der Waals surface area contributed by atoms with E-state index in [0.29, 0.717) is 15.8 Å². The van der Waals surface area contributed by atoms with Crippen LogP contribution in [-0.4, -0.2) is 24.2 Å². The SMILES string of the molecule is Cc1ccc(N=C2NC(=O)/C(=C\c3ccc(N4CCCC4)o3)S2)cc1. The Hall–Kier alpha value is -2.47. The zero-order valence-electron chi connectivity index (χ0n) is 14.0. The van der Waals surface area contributed by atoms with Crippen LogP contribution in [-0.2, 0) is 4.79 Å². The predicted octanol–water partition coefficient (Wildman–Crippen LogP) is 4.08. The molecule has 0 radical (unpaired) electrons. The Balaban J connectivity index is 1.50. The smallest absolute Gasteiger partial charge is 0.264 e. The highest BCUT2D eigenvalue weighted by molar-refractivity contribution is 8.18. The normalized spacial score (nSPS) is 20.7. The van der Waals surface area contributed by atoms with Gasteiger partial charge in [0.15, 0.2) is 11.1 Å². The topological polar surface area (TPSA) is 57.8 Å². The molecule has 2 fully saturated rings. The minimum absolute atomic E-state index is 0.144. The molecule has 4 rings (SSSR count). The lowest BCUT2D eigenvalue weighted by Crippen LogP contribution is -2.19. The third-order valence-corrected chi connectivity index (χ3v) is 5.13. The number of nitrogens with zero attached hydrogens (tertiary/aromatic N) is 2. The standard InChI is InChI=1S/C19H19N3O2S/c1-13-4-6-14(7-5-13)20-19-21-18(23)16(25-19)12-15-8-9-17(24-15)22-10-2-3-11-22/h4-9,12H,2-3,10-11H2,1H3,(H,20,21,23)/b16-12+. The quantitative estimate of drug-likeness (QED) is 0.845. The molecular weight excluding hydrogens is 334 g/mol. The number of amidine groups is 1. The van der Waals surface area contributed by atoms with Gasteiger partial charge >= 0.3 is 0 Å². The van der Waals surface area contributed by atoms with E-state index in [9.17, 15) is 4.79 Å². The number of rotatable bonds is 3. The van der Waals surface area contributed by atoms with Gasteiger partial charge in [0.2, 0.25) is 0 Å². The molecule has 1 aromatic heterocycles. The van der Waals surface area contributed by atoms with Gasteiger partial charge in [-0.25, -0.2) is 4.99 Å². The molecule has 0 aliphatic carbocycles. The molecule has 2 saturated heterocycles. The molecule has 6 heteroatoms. The molecule has 0 spiro atoms. The van der Waals surface area contributed by atoms with Gasteiger partial charge in [-0.05, 0) is 49.7 Å². The first kappa shape index (κ1) is 16.0. The molecule has 0 bridgehead atoms. The number of aliphatic imine (C=N–C) groups is 1. The van der Waals surface area contributed by atoms with Crippen LogP contribution in [0.15, 0.2) is 50.7 Å². The van der Waals surface area contributed by atoms with Gasteiger partial charge in [0.05, 0.1) is 10.6 Å². The van der Waals surface area contributed by atoms with E-state index in [1.165, 1.54) is 30.2 Å². The number of amides is 1. The van der Waals surface area contributed by atoms with Crippen LogP contribution in [0.5, 0.6) is 0 Å². The zero-order chi connectivity index (χ0) is 17.2. The van der Waals surface area contributed by atoms with Crippen LogP contribution in [0, 0.1) is 6.92 Å². The first-order chi connectivity index (χ1) is 12.2. The van der Waals surface area contributed by atoms with Gasteiger partial charge in [0.1, 0.15) is 5.76 Å². The van der Waals surface area contributed by atoms with Crippen molar-refractivity contribution in [2.45, 2.75) is 19.8 Å². The fourth-order valence-electron chi connectivity index (χ4n) is 2.87. The maximum atomic E-state index is 12.2. The number of carbonyl (C=O) groups is 1. The summed E-state index contributed by atoms with van der Waals surface area (Å²) in [7, 11) is 0. The van der Waals surface area contributed by atoms with E-state index < -0.39 is 0 Å². The summed E-state index contributed by atoms with van der Waals surface area (Å²) in [6.07, 6.45) is 4.18. The van der Waals surface area contributed by atoms with Crippen molar-refractivity contribution in [3.05, 3.63) is 52.6 Å². The molecule has 2 aliphatic rings. The largest absolute Gasteiger partial charge is 0.441 e. The molecule has 2 aliphatic heterocycles. The fraction of sp³-hybridized carbons (Fsp3) is 0.263. The van der Waals surface area contributed by atoms with Gasteiger partial charge in [0, 0.05) is 25.2 Å². The summed E-state index contributed by atoms with van der Waals surface area (Å²) in [6, 6.07) is 11.7. The highest BCUT2D eigenvalue weighted by Gasteiger charge is 2.24. The molecule has 0 saturated carbocycles. The van der Waals surface area contributed by atoms with Crippen molar-refractivity contribution < 1.29 is 9.21 Å². The number of furan rings is 1. The summed E-state index contributed by atoms with van der Waals surface area (Å²) in [5.41, 5.74) is 2.00. The van der Waals surface area contributed by atoms with Crippen LogP contribution in [0.4, 0.5) is 11.6 Å². The Bertz CT molecular complexity index is 846. The molecule has 1 amide bonds. The summed E-state index contributed by atoms with van der Waals surface area (Å²) >= 11 is 1.33. The van der Waals surface area contributed by atoms with E-state index in [1.807, 2.05) is 43.3 Å². The Morgan fingerprint density at radius 2 is 1.92 bits per heavy atom. The second-order valence-electron chi connectivity index (χ2n) is 6.19. The van der Waals surface area contributed by atoms with Gasteiger partial charge in [0.25, 0.3) is 5.91 Å². The molecule has 2 aromatic rings. The number of aryl methyl sites for hydroxylation is 1. The number of hydrogen-bond acceptors (Lipinski definition) is 5. The molecule has 128 valence electrons. The van der Waals surface area contributed by atoms with Crippen LogP contribution in [0.1, 0.15) is 24.2 Å². The average molecular weight is 353 g/mol. The minimum atomic E-state index is -0.144. The van der Waals surface area contributed by atoms with Crippen molar-refractivity contribution in [3.8, 4) is 0 Å². The van der Waals surface area contributed by atoms with E-state index in [1.54, 1.807) is 6.08 Å². The van der Waals surface area contributed by atoms with Crippen LogP contribution < -0.4 is 10.2 Å². The highest BCUT2D eigenvalue weighted by Crippen LogP contribution is 2.30. The Morgan fingerprint density at radius 1 is 1.16 bits per heavy atom. The Morgan fingerprint density at radius 3 is 2.68 bits per heavy atom. The molecule has 5 nitrogen and oxygen atoms in total. The van der Waals surface area contributed by atoms with Gasteiger partial charge < -0.3 is 14.6 Å². The molecule has 25 heavy (non-hydrogen) atoms. The third-order valence-electron chi connectivity index (χ3n) is 4.22. The van der Waals surface area contributed by atoms with E-state index in [-0.39, 0.29) is 5.91 Å². The summed E-state index contributed by atoms with van der Waals surface area (Å²) in [6.45, 7) is 4.10. The second kappa shape index (κ2) is 6.80. The number of carbonyl (C=O) groups excluding carboxylic acids is 1. The van der Waals surface area contributed by atoms with Crippen LogP contribution in [0.3, 0.4) is 0 Å². The molecule has 1 N–H and O–H groups in total. The maximum Gasteiger partial charge on any atom is 0.264 e. The average Bonchev–Trinajstić information content (AvgIpc) is 3.32. The molecular formula is C19H19N3O2S. The van der Waals surface area contributed by atoms with Crippen LogP contribution in [0.25, 0.3) is 6.08 Å². The van der Waals surface area contributed by atoms with Crippen LogP contribution >= 0.6 is 11.8 Å². The van der Waals surface area contributed by atoms with Gasteiger partial charge in [-0.15, -0.1) is 0 Å². The van der Waals surface area contributed by atoms with Gasteiger partial charge in [-0.3, -0.25) is 4.79 Å². The maximum absolute atomic E-state index is 12.2. The van der Waals surface area contributed by atoms with Crippen molar-refractivity contribution in [1.82, 2.24) is 5.32 Å². The summed E-state index contributed by atoms with van der Waals surface area (Å²) in [5, 5.41) is 3.39. The monoisotopic (exact) mass is 353 g/mol. The van der Waals surface area contributed by atoms with Crippen molar-refractivity contribution in [2.75, 3.05) is 18.0 Å². The molecule has 0 atom stereocenters. The van der Waals surface area contributed by atoms with Crippen molar-refractivity contribution in [1.29, 1.82) is 0 Å². The summed E-state index contributed by atoms with van der Waals surface area (Å²) < 4.78 is 5.86. The minimum Gasteiger partial charge on any atom is -0.441 e. The molecule has 0 unspecified atom stereocenters. The number of thioether (sulfide) groups is 1. The summed E-state index contributed by atoms with van der Waals surface area (Å²) in [4.78, 5) is 19.5. The van der Waals surface area contributed by atoms with Gasteiger partial charge in [-0.1, -0.05) is 17.7 Å². The first-order valence-electron chi connectivity index (χ1n) is 8.38. The van der Waals surface area contributed by atoms with E-state index in [0.717, 1.165) is 24.7 Å². The van der Waals surface area contributed by atoms with E-state index in [4.69, 9.17) is 4.42 Å². The fourth-order valence-corrected chi connectivity index (χ4v) is 3.70. The van der Waals surface area contributed by atoms with Crippen molar-refractivity contribution in [2.24, 2.45) is 4.99 Å². The lowest BCUT2D eigenvalue weighted by molar-refractivity contribution is -0.115. The first-order valence-corrected chi connectivity index (χ1v) is 9.20. The van der Waals surface area contributed by atoms with Crippen molar-refractivity contribution in [3.63, 3.8) is 0 Å². The Kier molecular flexibility index (Phi) is 4.36. The number of anilines is 1. The number of nitrogens with one attached hydrogen (secondary N) is 1. The molecule has 1 aromatic carbocycles. The van der Waals surface area contributed by atoms with Gasteiger partial charge in [-0.2, -0.15) is 0 Å². The number of hydrogen-bond donors (Lipinski definition) is 1. The zero-order valence-corrected chi connectivity index (χ0v) is 14.8. The van der Waals surface area contributed by atoms with Crippen LogP contribution in [0.2, 0.25) is 0 Å². The lowest BCUT2D eigenvalue weighted by atomic mass is 10.2.